The number of fused-ring (bicyclic) bond motifs is 2. The van der Waals surface area contributed by atoms with Crippen LogP contribution in [0.1, 0.15) is 5.56 Å². The second kappa shape index (κ2) is 6.32. The van der Waals surface area contributed by atoms with Gasteiger partial charge in [0.15, 0.2) is 0 Å². The first-order valence-corrected chi connectivity index (χ1v) is 7.23. The minimum Gasteiger partial charge on any atom is -0.506 e. The molecule has 0 spiro atoms. The molecule has 4 nitrogen and oxygen atoms in total. The average molecular weight is 304 g/mol. The van der Waals surface area contributed by atoms with E-state index in [1.165, 1.54) is 0 Å². The number of aryl methyl sites for hydroxylation is 1. The molecule has 0 aliphatic carbocycles. The van der Waals surface area contributed by atoms with E-state index >= 15 is 0 Å². The van der Waals surface area contributed by atoms with Crippen molar-refractivity contribution in [1.29, 1.82) is 0 Å². The number of nitrogens with zero attached hydrogens (tertiary/aromatic N) is 2. The molecule has 2 aromatic heterocycles. The highest BCUT2D eigenvalue weighted by molar-refractivity contribution is 5.86. The molecule has 0 atom stereocenters. The molecule has 0 saturated carbocycles. The van der Waals surface area contributed by atoms with Crippen LogP contribution in [0.25, 0.3) is 21.8 Å². The van der Waals surface area contributed by atoms with Gasteiger partial charge in [0.25, 0.3) is 0 Å². The maximum Gasteiger partial charge on any atom is 0.141 e. The number of phenols is 2. The van der Waals surface area contributed by atoms with Crippen molar-refractivity contribution in [3.8, 4) is 11.5 Å². The molecule has 4 rings (SSSR count). The van der Waals surface area contributed by atoms with Crippen molar-refractivity contribution in [2.75, 3.05) is 0 Å². The van der Waals surface area contributed by atoms with E-state index in [2.05, 4.69) is 9.97 Å². The summed E-state index contributed by atoms with van der Waals surface area (Å²) in [6, 6.07) is 16.5. The van der Waals surface area contributed by atoms with Crippen LogP contribution in [0.3, 0.4) is 0 Å². The molecule has 0 amide bonds. The Hall–Kier alpha value is -3.14. The minimum absolute atomic E-state index is 0.239. The summed E-state index contributed by atoms with van der Waals surface area (Å²) in [4.78, 5) is 8.12. The summed E-state index contributed by atoms with van der Waals surface area (Å²) in [6.07, 6.45) is 3.35. The number of aromatic nitrogens is 2. The zero-order chi connectivity index (χ0) is 16.2. The summed E-state index contributed by atoms with van der Waals surface area (Å²) < 4.78 is 0. The van der Waals surface area contributed by atoms with Crippen molar-refractivity contribution >= 4 is 21.8 Å². The van der Waals surface area contributed by atoms with Crippen LogP contribution >= 0.6 is 0 Å². The predicted octanol–water partition coefficient (Wildman–Crippen LogP) is 4.19. The average Bonchev–Trinajstić information content (AvgIpc) is 2.60. The molecule has 0 radical (unpaired) electrons. The Balaban J connectivity index is 0.000000136. The highest BCUT2D eigenvalue weighted by Gasteiger charge is 2.01. The van der Waals surface area contributed by atoms with Gasteiger partial charge in [-0.3, -0.25) is 9.97 Å². The van der Waals surface area contributed by atoms with E-state index in [4.69, 9.17) is 0 Å². The van der Waals surface area contributed by atoms with Gasteiger partial charge in [-0.2, -0.15) is 0 Å². The molecule has 114 valence electrons. The van der Waals surface area contributed by atoms with Crippen LogP contribution in [0.5, 0.6) is 11.5 Å². The molecule has 0 unspecified atom stereocenters. The van der Waals surface area contributed by atoms with Gasteiger partial charge in [0.2, 0.25) is 0 Å². The molecule has 0 bridgehead atoms. The SMILES string of the molecule is Cc1ccc(O)c2ncccc12.Oc1cccc2cccnc12. The number of pyridine rings is 2. The lowest BCUT2D eigenvalue weighted by Crippen LogP contribution is -1.81. The topological polar surface area (TPSA) is 66.2 Å². The van der Waals surface area contributed by atoms with Gasteiger partial charge < -0.3 is 10.2 Å². The van der Waals surface area contributed by atoms with Gasteiger partial charge in [-0.1, -0.05) is 30.3 Å². The summed E-state index contributed by atoms with van der Waals surface area (Å²) in [5, 5.41) is 20.7. The van der Waals surface area contributed by atoms with Crippen LogP contribution in [-0.4, -0.2) is 20.2 Å². The number of benzene rings is 2. The van der Waals surface area contributed by atoms with Crippen LogP contribution in [0.15, 0.2) is 67.0 Å². The Kier molecular flexibility index (Phi) is 4.06. The monoisotopic (exact) mass is 304 g/mol. The fourth-order valence-corrected chi connectivity index (χ4v) is 2.39. The van der Waals surface area contributed by atoms with Crippen LogP contribution in [0.4, 0.5) is 0 Å². The van der Waals surface area contributed by atoms with Crippen molar-refractivity contribution in [3.05, 3.63) is 72.6 Å². The Morgan fingerprint density at radius 1 is 0.696 bits per heavy atom. The van der Waals surface area contributed by atoms with E-state index in [1.807, 2.05) is 43.3 Å². The molecule has 2 N–H and O–H groups in total. The van der Waals surface area contributed by atoms with Gasteiger partial charge in [-0.15, -0.1) is 0 Å². The summed E-state index contributed by atoms with van der Waals surface area (Å²) in [6.45, 7) is 2.00. The van der Waals surface area contributed by atoms with Gasteiger partial charge in [-0.25, -0.2) is 0 Å². The second-order valence-electron chi connectivity index (χ2n) is 5.15. The summed E-state index contributed by atoms with van der Waals surface area (Å²) in [7, 11) is 0. The largest absolute Gasteiger partial charge is 0.506 e. The first kappa shape index (κ1) is 14.8. The molecule has 0 aliphatic heterocycles. The Morgan fingerprint density at radius 3 is 2.09 bits per heavy atom. The molecule has 0 fully saturated rings. The van der Waals surface area contributed by atoms with Crippen molar-refractivity contribution < 1.29 is 10.2 Å². The van der Waals surface area contributed by atoms with Crippen LogP contribution in [-0.2, 0) is 0 Å². The van der Waals surface area contributed by atoms with E-state index in [0.29, 0.717) is 11.0 Å². The number of para-hydroxylation sites is 1. The highest BCUT2D eigenvalue weighted by atomic mass is 16.3. The third-order valence-electron chi connectivity index (χ3n) is 3.58. The third-order valence-corrected chi connectivity index (χ3v) is 3.58. The zero-order valence-electron chi connectivity index (χ0n) is 12.6. The standard InChI is InChI=1S/C10H9NO.C9H7NO/c1-7-4-5-9(12)10-8(7)3-2-6-11-10;11-8-5-1-3-7-4-2-6-10-9(7)8/h2-6,12H,1H3;1-6,11H. The van der Waals surface area contributed by atoms with Gasteiger partial charge in [0, 0.05) is 23.2 Å². The lowest BCUT2D eigenvalue weighted by Gasteiger charge is -2.01. The molecule has 2 heterocycles. The van der Waals surface area contributed by atoms with Gasteiger partial charge in [0.1, 0.15) is 22.5 Å². The van der Waals surface area contributed by atoms with Crippen LogP contribution in [0.2, 0.25) is 0 Å². The van der Waals surface area contributed by atoms with Crippen LogP contribution in [0, 0.1) is 6.92 Å². The lowest BCUT2D eigenvalue weighted by molar-refractivity contribution is 0.480. The summed E-state index contributed by atoms with van der Waals surface area (Å²) >= 11 is 0. The quantitative estimate of drug-likeness (QED) is 0.511. The number of hydrogen-bond acceptors (Lipinski definition) is 4. The molecule has 2 aromatic carbocycles. The highest BCUT2D eigenvalue weighted by Crippen LogP contribution is 2.24. The van der Waals surface area contributed by atoms with Crippen molar-refractivity contribution in [2.24, 2.45) is 0 Å². The Labute approximate surface area is 133 Å². The van der Waals surface area contributed by atoms with E-state index in [9.17, 15) is 10.2 Å². The van der Waals surface area contributed by atoms with Gasteiger partial charge >= 0.3 is 0 Å². The number of hydrogen-bond donors (Lipinski definition) is 2. The molecule has 4 heteroatoms. The summed E-state index contributed by atoms with van der Waals surface area (Å²) in [5.41, 5.74) is 2.48. The van der Waals surface area contributed by atoms with Crippen molar-refractivity contribution in [2.45, 2.75) is 6.92 Å². The van der Waals surface area contributed by atoms with Crippen molar-refractivity contribution in [1.82, 2.24) is 9.97 Å². The third kappa shape index (κ3) is 3.06. The lowest BCUT2D eigenvalue weighted by atomic mass is 10.1. The maximum absolute atomic E-state index is 9.43. The van der Waals surface area contributed by atoms with Crippen molar-refractivity contribution in [3.63, 3.8) is 0 Å². The predicted molar refractivity (Wildman–Crippen MR) is 91.6 cm³/mol. The minimum atomic E-state index is 0.239. The van der Waals surface area contributed by atoms with E-state index in [0.717, 1.165) is 16.3 Å². The molecular formula is C19H16N2O2. The molecule has 0 saturated heterocycles. The number of phenolic OH excluding ortho intramolecular Hbond substituents is 2. The van der Waals surface area contributed by atoms with E-state index in [1.54, 1.807) is 30.6 Å². The Morgan fingerprint density at radius 2 is 1.35 bits per heavy atom. The van der Waals surface area contributed by atoms with Gasteiger partial charge in [-0.05, 0) is 36.8 Å². The molecule has 23 heavy (non-hydrogen) atoms. The molecule has 0 aliphatic rings. The zero-order valence-corrected chi connectivity index (χ0v) is 12.6. The van der Waals surface area contributed by atoms with Crippen LogP contribution < -0.4 is 0 Å². The first-order valence-electron chi connectivity index (χ1n) is 7.23. The summed E-state index contributed by atoms with van der Waals surface area (Å²) in [5.74, 6) is 0.485. The molecular weight excluding hydrogens is 288 g/mol. The van der Waals surface area contributed by atoms with E-state index in [-0.39, 0.29) is 11.5 Å². The molecule has 4 aromatic rings. The Bertz CT molecular complexity index is 922. The van der Waals surface area contributed by atoms with Gasteiger partial charge in [0.05, 0.1) is 0 Å². The smallest absolute Gasteiger partial charge is 0.141 e. The fourth-order valence-electron chi connectivity index (χ4n) is 2.39. The second-order valence-corrected chi connectivity index (χ2v) is 5.15. The maximum atomic E-state index is 9.43. The normalized spacial score (nSPS) is 10.3. The fraction of sp³-hybridized carbons (Fsp3) is 0.0526. The van der Waals surface area contributed by atoms with E-state index < -0.39 is 0 Å². The number of aromatic hydroxyl groups is 2. The number of rotatable bonds is 0. The first-order chi connectivity index (χ1) is 11.2.